The Kier molecular flexibility index (Phi) is 12.4. The van der Waals surface area contributed by atoms with Gasteiger partial charge in [-0.1, -0.05) is 78.9 Å². The third-order valence-electron chi connectivity index (χ3n) is 11.3. The third kappa shape index (κ3) is 9.13. The molecule has 3 aliphatic heterocycles. The van der Waals surface area contributed by atoms with Gasteiger partial charge in [0.15, 0.2) is 0 Å². The summed E-state index contributed by atoms with van der Waals surface area (Å²) < 4.78 is 0. The second-order valence-corrected chi connectivity index (χ2v) is 15.0. The fourth-order valence-electron chi connectivity index (χ4n) is 8.20. The molecule has 294 valence electrons. The van der Waals surface area contributed by atoms with E-state index in [4.69, 9.17) is 16.3 Å². The van der Waals surface area contributed by atoms with Gasteiger partial charge >= 0.3 is 6.03 Å². The van der Waals surface area contributed by atoms with Crippen LogP contribution in [0.4, 0.5) is 10.5 Å². The average Bonchev–Trinajstić information content (AvgIpc) is 3.23. The van der Waals surface area contributed by atoms with Crippen LogP contribution in [0.3, 0.4) is 0 Å². The van der Waals surface area contributed by atoms with E-state index in [2.05, 4.69) is 10.6 Å². The number of nitrogens with zero attached hydrogens (tertiary/aromatic N) is 4. The highest BCUT2D eigenvalue weighted by Gasteiger charge is 2.49. The summed E-state index contributed by atoms with van der Waals surface area (Å²) in [7, 11) is 0. The standard InChI is InChI=1S/C43H52N8O5/c44-26-31-10-12-32(13-11-31)27-47-42(54)39-19-18-38(49-29-56-50(43(55)51(39)49)28-35-7-3-6-33-5-1-2-8-37(33)35)34-20-23-48(24-21-34)41(53)9-4-22-46-40(52)25-30-14-16-36(45)17-15-30/h1-3,5-8,10-17,34,38-39H,4,9,18-29,44-45H2,(H,46,52)(H,47,54). The molecule has 2 unspecified atom stereocenters. The number of benzene rings is 4. The van der Waals surface area contributed by atoms with Crippen molar-refractivity contribution in [2.24, 2.45) is 11.7 Å². The highest BCUT2D eigenvalue weighted by molar-refractivity contribution is 5.88. The molecule has 13 nitrogen and oxygen atoms in total. The maximum absolute atomic E-state index is 14.4. The number of fused-ring (bicyclic) bond motifs is 2. The van der Waals surface area contributed by atoms with Crippen LogP contribution >= 0.6 is 0 Å². The summed E-state index contributed by atoms with van der Waals surface area (Å²) >= 11 is 0. The minimum Gasteiger partial charge on any atom is -0.399 e. The van der Waals surface area contributed by atoms with E-state index in [1.807, 2.05) is 88.8 Å². The zero-order valence-corrected chi connectivity index (χ0v) is 31.8. The summed E-state index contributed by atoms with van der Waals surface area (Å²) in [5, 5.41) is 13.1. The molecule has 3 saturated heterocycles. The van der Waals surface area contributed by atoms with Gasteiger partial charge in [-0.2, -0.15) is 10.1 Å². The number of carbonyl (C=O) groups excluding carboxylic acids is 4. The molecule has 3 aliphatic rings. The molecule has 0 spiro atoms. The predicted molar refractivity (Wildman–Crippen MR) is 214 cm³/mol. The molecule has 3 fully saturated rings. The molecule has 0 bridgehead atoms. The lowest BCUT2D eigenvalue weighted by Crippen LogP contribution is -2.70. The normalized spacial score (nSPS) is 19.2. The van der Waals surface area contributed by atoms with Gasteiger partial charge in [-0.25, -0.2) is 9.80 Å². The summed E-state index contributed by atoms with van der Waals surface area (Å²) in [4.78, 5) is 61.9. The molecular formula is C43H52N8O5. The summed E-state index contributed by atoms with van der Waals surface area (Å²) in [6, 6.07) is 28.0. The number of hydrazine groups is 1. The van der Waals surface area contributed by atoms with Crippen LogP contribution in [0, 0.1) is 5.92 Å². The smallest absolute Gasteiger partial charge is 0.359 e. The van der Waals surface area contributed by atoms with Gasteiger partial charge in [0.2, 0.25) is 17.7 Å². The van der Waals surface area contributed by atoms with Crippen LogP contribution in [-0.4, -0.2) is 82.2 Å². The Labute approximate surface area is 327 Å². The lowest BCUT2D eigenvalue weighted by Gasteiger charge is -2.54. The van der Waals surface area contributed by atoms with Gasteiger partial charge in [-0.05, 0) is 83.2 Å². The molecule has 0 saturated carbocycles. The van der Waals surface area contributed by atoms with Crippen LogP contribution in [0.2, 0.25) is 0 Å². The number of likely N-dealkylation sites (tertiary alicyclic amines) is 1. The van der Waals surface area contributed by atoms with E-state index in [1.54, 1.807) is 17.1 Å². The van der Waals surface area contributed by atoms with E-state index in [-0.39, 0.29) is 55.4 Å². The van der Waals surface area contributed by atoms with Crippen LogP contribution < -0.4 is 22.1 Å². The largest absolute Gasteiger partial charge is 0.399 e. The number of nitrogens with two attached hydrogens (primary N) is 2. The zero-order valence-electron chi connectivity index (χ0n) is 31.8. The molecular weight excluding hydrogens is 709 g/mol. The zero-order chi connectivity index (χ0) is 39.0. The molecule has 0 radical (unpaired) electrons. The van der Waals surface area contributed by atoms with E-state index >= 15 is 0 Å². The summed E-state index contributed by atoms with van der Waals surface area (Å²) in [5.41, 5.74) is 16.0. The second kappa shape index (κ2) is 18.0. The van der Waals surface area contributed by atoms with E-state index in [1.165, 1.54) is 5.06 Å². The van der Waals surface area contributed by atoms with Crippen LogP contribution in [0.25, 0.3) is 10.8 Å². The van der Waals surface area contributed by atoms with Crippen molar-refractivity contribution in [3.8, 4) is 0 Å². The molecule has 0 aromatic heterocycles. The maximum Gasteiger partial charge on any atom is 0.359 e. The minimum atomic E-state index is -0.699. The van der Waals surface area contributed by atoms with Crippen LogP contribution in [0.5, 0.6) is 0 Å². The molecule has 4 aromatic rings. The Morgan fingerprint density at radius 3 is 2.29 bits per heavy atom. The molecule has 4 aromatic carbocycles. The number of piperidine rings is 1. The number of hydrogen-bond acceptors (Lipinski definition) is 8. The summed E-state index contributed by atoms with van der Waals surface area (Å²) in [6.45, 7) is 2.83. The minimum absolute atomic E-state index is 0.0277. The Bertz CT molecular complexity index is 1990. The Morgan fingerprint density at radius 1 is 0.804 bits per heavy atom. The fourth-order valence-corrected chi connectivity index (χ4v) is 8.20. The number of hydroxylamine groups is 2. The van der Waals surface area contributed by atoms with Gasteiger partial charge in [-0.3, -0.25) is 19.2 Å². The number of rotatable bonds is 13. The Morgan fingerprint density at radius 2 is 1.52 bits per heavy atom. The average molecular weight is 761 g/mol. The Hall–Kier alpha value is -5.50. The van der Waals surface area contributed by atoms with E-state index in [0.29, 0.717) is 64.1 Å². The number of hydrogen-bond donors (Lipinski definition) is 4. The molecule has 7 rings (SSSR count). The van der Waals surface area contributed by atoms with Crippen molar-refractivity contribution in [2.75, 3.05) is 32.1 Å². The third-order valence-corrected chi connectivity index (χ3v) is 11.3. The van der Waals surface area contributed by atoms with Gasteiger partial charge in [0.25, 0.3) is 0 Å². The number of amides is 5. The topological polar surface area (TPSA) is 167 Å². The first kappa shape index (κ1) is 38.8. The van der Waals surface area contributed by atoms with Crippen LogP contribution in [0.15, 0.2) is 91.0 Å². The monoisotopic (exact) mass is 760 g/mol. The predicted octanol–water partition coefficient (Wildman–Crippen LogP) is 4.45. The Balaban J connectivity index is 0.964. The quantitative estimate of drug-likeness (QED) is 0.115. The van der Waals surface area contributed by atoms with E-state index in [0.717, 1.165) is 45.9 Å². The molecule has 6 N–H and O–H groups in total. The van der Waals surface area contributed by atoms with Crippen molar-refractivity contribution >= 4 is 40.2 Å². The first-order valence-corrected chi connectivity index (χ1v) is 19.7. The molecule has 56 heavy (non-hydrogen) atoms. The van der Waals surface area contributed by atoms with Crippen molar-refractivity contribution in [2.45, 2.75) is 76.7 Å². The summed E-state index contributed by atoms with van der Waals surface area (Å²) in [6.07, 6.45) is 3.98. The van der Waals surface area contributed by atoms with Gasteiger partial charge in [0, 0.05) is 50.9 Å². The van der Waals surface area contributed by atoms with E-state index < -0.39 is 6.04 Å². The highest BCUT2D eigenvalue weighted by Crippen LogP contribution is 2.36. The molecule has 5 amide bonds. The number of urea groups is 1. The first-order valence-electron chi connectivity index (χ1n) is 19.7. The van der Waals surface area contributed by atoms with Crippen molar-refractivity contribution in [3.63, 3.8) is 0 Å². The van der Waals surface area contributed by atoms with Crippen molar-refractivity contribution < 1.29 is 24.0 Å². The molecule has 2 atom stereocenters. The van der Waals surface area contributed by atoms with Crippen LogP contribution in [-0.2, 0) is 45.3 Å². The summed E-state index contributed by atoms with van der Waals surface area (Å²) in [5.74, 6) is -0.00550. The molecule has 13 heteroatoms. The van der Waals surface area contributed by atoms with E-state index in [9.17, 15) is 19.2 Å². The molecule has 0 aliphatic carbocycles. The number of anilines is 1. The van der Waals surface area contributed by atoms with Crippen molar-refractivity contribution in [1.29, 1.82) is 0 Å². The SMILES string of the molecule is NCc1ccc(CNC(=O)C2CCC(C3CCN(C(=O)CCCNC(=O)Cc4ccc(N)cc4)CC3)N3CON(Cc4cccc5ccccc45)C(=O)N23)cc1. The lowest BCUT2D eigenvalue weighted by molar-refractivity contribution is -0.277. The van der Waals surface area contributed by atoms with Gasteiger partial charge in [0.05, 0.1) is 13.0 Å². The van der Waals surface area contributed by atoms with Crippen molar-refractivity contribution in [1.82, 2.24) is 30.6 Å². The fraction of sp³-hybridized carbons (Fsp3) is 0.395. The highest BCUT2D eigenvalue weighted by atomic mass is 16.7. The maximum atomic E-state index is 14.4. The van der Waals surface area contributed by atoms with Gasteiger partial charge in [0.1, 0.15) is 12.8 Å². The first-order chi connectivity index (χ1) is 27.3. The van der Waals surface area contributed by atoms with Gasteiger partial charge < -0.3 is 27.0 Å². The van der Waals surface area contributed by atoms with Gasteiger partial charge in [-0.15, -0.1) is 0 Å². The van der Waals surface area contributed by atoms with Crippen LogP contribution in [0.1, 0.15) is 60.8 Å². The second-order valence-electron chi connectivity index (χ2n) is 15.0. The molecule has 3 heterocycles. The number of nitrogen functional groups attached to an aromatic ring is 1. The number of carbonyl (C=O) groups is 4. The number of nitrogens with one attached hydrogen (secondary N) is 2. The lowest BCUT2D eigenvalue weighted by atomic mass is 9.84. The van der Waals surface area contributed by atoms with Crippen molar-refractivity contribution in [3.05, 3.63) is 113 Å².